The van der Waals surface area contributed by atoms with Gasteiger partial charge in [-0.15, -0.1) is 0 Å². The minimum absolute atomic E-state index is 0.0188. The van der Waals surface area contributed by atoms with Crippen molar-refractivity contribution in [1.82, 2.24) is 10.9 Å². The summed E-state index contributed by atoms with van der Waals surface area (Å²) in [6, 6.07) is 6.86. The van der Waals surface area contributed by atoms with Crippen molar-refractivity contribution in [3.63, 3.8) is 0 Å². The molecule has 0 radical (unpaired) electrons. The van der Waals surface area contributed by atoms with Gasteiger partial charge in [0, 0.05) is 18.7 Å². The summed E-state index contributed by atoms with van der Waals surface area (Å²) in [6.45, 7) is 0. The first-order valence-corrected chi connectivity index (χ1v) is 7.87. The molecule has 0 spiro atoms. The standard InChI is InChI=1S/C13H16N2O3S/c1-19(17,18)12-5-3-2-4-10(12)6-7-11-8-9-13(16)15-14-11/h2-7,11,14H,8-9H2,1H3,(H,15,16)/b7-6+. The molecule has 6 heteroatoms. The molecule has 102 valence electrons. The second kappa shape index (κ2) is 5.54. The number of rotatable bonds is 3. The summed E-state index contributed by atoms with van der Waals surface area (Å²) in [5, 5.41) is 0. The van der Waals surface area contributed by atoms with E-state index in [1.807, 2.05) is 6.08 Å². The van der Waals surface area contributed by atoms with Crippen molar-refractivity contribution in [3.8, 4) is 0 Å². The number of hydrogen-bond acceptors (Lipinski definition) is 4. The quantitative estimate of drug-likeness (QED) is 0.862. The van der Waals surface area contributed by atoms with Crippen LogP contribution in [-0.4, -0.2) is 26.6 Å². The molecule has 1 amide bonds. The van der Waals surface area contributed by atoms with E-state index in [1.165, 1.54) is 6.26 Å². The van der Waals surface area contributed by atoms with Crippen LogP contribution in [0.15, 0.2) is 35.2 Å². The molecule has 1 unspecified atom stereocenters. The normalized spacial score (nSPS) is 20.5. The number of carbonyl (C=O) groups is 1. The molecule has 1 atom stereocenters. The SMILES string of the molecule is CS(=O)(=O)c1ccccc1/C=C/C1CCC(=O)NN1. The van der Waals surface area contributed by atoms with Gasteiger partial charge in [0.1, 0.15) is 0 Å². The third-order valence-electron chi connectivity index (χ3n) is 2.91. The summed E-state index contributed by atoms with van der Waals surface area (Å²) in [5.41, 5.74) is 6.07. The number of carbonyl (C=O) groups excluding carboxylic acids is 1. The van der Waals surface area contributed by atoms with E-state index >= 15 is 0 Å². The molecule has 1 fully saturated rings. The summed E-state index contributed by atoms with van der Waals surface area (Å²) >= 11 is 0. The summed E-state index contributed by atoms with van der Waals surface area (Å²) in [6.07, 6.45) is 5.99. The van der Waals surface area contributed by atoms with E-state index in [4.69, 9.17) is 0 Å². The largest absolute Gasteiger partial charge is 0.291 e. The fourth-order valence-corrected chi connectivity index (χ4v) is 2.80. The van der Waals surface area contributed by atoms with Gasteiger partial charge in [-0.05, 0) is 18.1 Å². The zero-order valence-electron chi connectivity index (χ0n) is 10.6. The predicted octanol–water partition coefficient (Wildman–Crippen LogP) is 0.886. The van der Waals surface area contributed by atoms with Gasteiger partial charge in [0.05, 0.1) is 4.90 Å². The Balaban J connectivity index is 2.17. The molecule has 1 saturated heterocycles. The second-order valence-electron chi connectivity index (χ2n) is 4.51. The smallest absolute Gasteiger partial charge is 0.234 e. The van der Waals surface area contributed by atoms with Gasteiger partial charge in [0.2, 0.25) is 5.91 Å². The number of benzene rings is 1. The summed E-state index contributed by atoms with van der Waals surface area (Å²) < 4.78 is 23.3. The van der Waals surface area contributed by atoms with Gasteiger partial charge in [0.25, 0.3) is 0 Å². The molecule has 0 aliphatic carbocycles. The maximum absolute atomic E-state index is 11.6. The molecule has 0 saturated carbocycles. The third-order valence-corrected chi connectivity index (χ3v) is 4.08. The lowest BCUT2D eigenvalue weighted by molar-refractivity contribution is -0.123. The summed E-state index contributed by atoms with van der Waals surface area (Å²) in [7, 11) is -3.24. The van der Waals surface area contributed by atoms with Crippen molar-refractivity contribution in [2.75, 3.05) is 6.26 Å². The molecule has 1 aromatic rings. The van der Waals surface area contributed by atoms with Crippen LogP contribution in [0.3, 0.4) is 0 Å². The van der Waals surface area contributed by atoms with Crippen LogP contribution in [0.25, 0.3) is 6.08 Å². The third kappa shape index (κ3) is 3.65. The molecule has 1 heterocycles. The van der Waals surface area contributed by atoms with Gasteiger partial charge < -0.3 is 0 Å². The highest BCUT2D eigenvalue weighted by molar-refractivity contribution is 7.90. The molecule has 0 aromatic heterocycles. The first kappa shape index (κ1) is 13.8. The van der Waals surface area contributed by atoms with Crippen molar-refractivity contribution in [3.05, 3.63) is 35.9 Å². The number of hydrazine groups is 1. The number of sulfone groups is 1. The van der Waals surface area contributed by atoms with Crippen LogP contribution in [0.2, 0.25) is 0 Å². The van der Waals surface area contributed by atoms with E-state index in [-0.39, 0.29) is 11.9 Å². The van der Waals surface area contributed by atoms with E-state index in [0.29, 0.717) is 23.3 Å². The lowest BCUT2D eigenvalue weighted by Crippen LogP contribution is -2.48. The molecule has 1 aliphatic heterocycles. The highest BCUT2D eigenvalue weighted by Gasteiger charge is 2.15. The van der Waals surface area contributed by atoms with Crippen LogP contribution in [0, 0.1) is 0 Å². The van der Waals surface area contributed by atoms with Crippen LogP contribution in [0.1, 0.15) is 18.4 Å². The number of amides is 1. The molecular formula is C13H16N2O3S. The minimum Gasteiger partial charge on any atom is -0.291 e. The zero-order valence-corrected chi connectivity index (χ0v) is 11.4. The lowest BCUT2D eigenvalue weighted by atomic mass is 10.1. The topological polar surface area (TPSA) is 75.3 Å². The number of nitrogens with one attached hydrogen (secondary N) is 2. The van der Waals surface area contributed by atoms with Crippen molar-refractivity contribution >= 4 is 21.8 Å². The molecular weight excluding hydrogens is 264 g/mol. The Morgan fingerprint density at radius 2 is 2.05 bits per heavy atom. The highest BCUT2D eigenvalue weighted by atomic mass is 32.2. The Bertz CT molecular complexity index is 598. The number of hydrogen-bond donors (Lipinski definition) is 2. The van der Waals surface area contributed by atoms with Gasteiger partial charge in [-0.2, -0.15) is 0 Å². The lowest BCUT2D eigenvalue weighted by Gasteiger charge is -2.20. The molecule has 2 rings (SSSR count). The average Bonchev–Trinajstić information content (AvgIpc) is 2.37. The molecule has 0 bridgehead atoms. The van der Waals surface area contributed by atoms with E-state index in [0.717, 1.165) is 0 Å². The van der Waals surface area contributed by atoms with Crippen LogP contribution >= 0.6 is 0 Å². The van der Waals surface area contributed by atoms with Crippen LogP contribution in [0.4, 0.5) is 0 Å². The van der Waals surface area contributed by atoms with E-state index in [9.17, 15) is 13.2 Å². The van der Waals surface area contributed by atoms with Gasteiger partial charge in [-0.1, -0.05) is 30.4 Å². The predicted molar refractivity (Wildman–Crippen MR) is 72.9 cm³/mol. The maximum Gasteiger partial charge on any atom is 0.234 e. The maximum atomic E-state index is 11.6. The molecule has 2 N–H and O–H groups in total. The Hall–Kier alpha value is -1.66. The van der Waals surface area contributed by atoms with E-state index in [1.54, 1.807) is 30.3 Å². The Labute approximate surface area is 112 Å². The zero-order chi connectivity index (χ0) is 13.9. The summed E-state index contributed by atoms with van der Waals surface area (Å²) in [4.78, 5) is 11.3. The van der Waals surface area contributed by atoms with Crippen molar-refractivity contribution < 1.29 is 13.2 Å². The Morgan fingerprint density at radius 3 is 2.68 bits per heavy atom. The van der Waals surface area contributed by atoms with Gasteiger partial charge in [-0.3, -0.25) is 10.2 Å². The van der Waals surface area contributed by atoms with Crippen LogP contribution in [-0.2, 0) is 14.6 Å². The van der Waals surface area contributed by atoms with Gasteiger partial charge in [0.15, 0.2) is 9.84 Å². The van der Waals surface area contributed by atoms with Gasteiger partial charge >= 0.3 is 0 Å². The summed E-state index contributed by atoms with van der Waals surface area (Å²) in [5.74, 6) is -0.0267. The Kier molecular flexibility index (Phi) is 4.01. The van der Waals surface area contributed by atoms with Crippen molar-refractivity contribution in [2.45, 2.75) is 23.8 Å². The first-order chi connectivity index (χ1) is 8.97. The highest BCUT2D eigenvalue weighted by Crippen LogP contribution is 2.17. The van der Waals surface area contributed by atoms with Crippen LogP contribution < -0.4 is 10.9 Å². The second-order valence-corrected chi connectivity index (χ2v) is 6.49. The minimum atomic E-state index is -3.24. The molecule has 1 aliphatic rings. The fraction of sp³-hybridized carbons (Fsp3) is 0.308. The van der Waals surface area contributed by atoms with Crippen molar-refractivity contribution in [1.29, 1.82) is 0 Å². The average molecular weight is 280 g/mol. The van der Waals surface area contributed by atoms with Crippen LogP contribution in [0.5, 0.6) is 0 Å². The van der Waals surface area contributed by atoms with Gasteiger partial charge in [-0.25, -0.2) is 13.8 Å². The molecule has 19 heavy (non-hydrogen) atoms. The van der Waals surface area contributed by atoms with Crippen molar-refractivity contribution in [2.24, 2.45) is 0 Å². The Morgan fingerprint density at radius 1 is 1.32 bits per heavy atom. The monoisotopic (exact) mass is 280 g/mol. The molecule has 5 nitrogen and oxygen atoms in total. The van der Waals surface area contributed by atoms with E-state index < -0.39 is 9.84 Å². The fourth-order valence-electron chi connectivity index (χ4n) is 1.91. The van der Waals surface area contributed by atoms with E-state index in [2.05, 4.69) is 10.9 Å². The molecule has 1 aromatic carbocycles. The first-order valence-electron chi connectivity index (χ1n) is 5.98.